The minimum atomic E-state index is 0.710. The van der Waals surface area contributed by atoms with E-state index >= 15 is 0 Å². The molecule has 0 N–H and O–H groups in total. The molecule has 0 aliphatic carbocycles. The van der Waals surface area contributed by atoms with Crippen LogP contribution in [0.15, 0.2) is 11.8 Å². The molecule has 44 valence electrons. The Morgan fingerprint density at radius 3 is 2.88 bits per heavy atom. The Morgan fingerprint density at radius 2 is 2.62 bits per heavy atom. The maximum atomic E-state index is 5.10. The first-order chi connectivity index (χ1) is 3.83. The van der Waals surface area contributed by atoms with Crippen molar-refractivity contribution in [3.05, 3.63) is 11.8 Å². The third-order valence-corrected chi connectivity index (χ3v) is 1.34. The number of allylic oxidation sites excluding steroid dienone is 1. The van der Waals surface area contributed by atoms with E-state index in [-0.39, 0.29) is 0 Å². The lowest BCUT2D eigenvalue weighted by Gasteiger charge is -1.95. The molecule has 0 saturated heterocycles. The van der Waals surface area contributed by atoms with Crippen LogP contribution in [0, 0.1) is 0 Å². The molecule has 0 amide bonds. The number of hydrogen-bond donors (Lipinski definition) is 0. The maximum absolute atomic E-state index is 5.10. The number of rotatable bonds is 1. The van der Waals surface area contributed by atoms with Gasteiger partial charge in [-0.05, 0) is 18.3 Å². The van der Waals surface area contributed by atoms with Crippen LogP contribution < -0.4 is 0 Å². The van der Waals surface area contributed by atoms with E-state index in [1.165, 1.54) is 0 Å². The van der Waals surface area contributed by atoms with E-state index in [4.69, 9.17) is 17.0 Å². The zero-order chi connectivity index (χ0) is 5.98. The van der Waals surface area contributed by atoms with Crippen molar-refractivity contribution in [1.82, 2.24) is 0 Å². The summed E-state index contributed by atoms with van der Waals surface area (Å²) in [7, 11) is 0. The summed E-state index contributed by atoms with van der Waals surface area (Å²) in [4.78, 5) is 0. The third-order valence-electron chi connectivity index (χ3n) is 1.09. The first-order valence-electron chi connectivity index (χ1n) is 2.72. The second-order valence-electron chi connectivity index (χ2n) is 1.70. The molecular weight excluding hydrogens is 120 g/mol. The molecule has 2 heteroatoms. The van der Waals surface area contributed by atoms with Gasteiger partial charge in [0, 0.05) is 12.8 Å². The van der Waals surface area contributed by atoms with Gasteiger partial charge in [-0.25, -0.2) is 0 Å². The molecule has 0 atom stereocenters. The van der Waals surface area contributed by atoms with Gasteiger partial charge < -0.3 is 4.74 Å². The summed E-state index contributed by atoms with van der Waals surface area (Å²) in [6.07, 6.45) is 3.82. The van der Waals surface area contributed by atoms with Gasteiger partial charge in [0.1, 0.15) is 5.76 Å². The second-order valence-corrected chi connectivity index (χ2v) is 2.16. The van der Waals surface area contributed by atoms with Gasteiger partial charge in [0.25, 0.3) is 0 Å². The summed E-state index contributed by atoms with van der Waals surface area (Å²) in [6.45, 7) is 2.06. The van der Waals surface area contributed by atoms with Crippen molar-refractivity contribution in [2.45, 2.75) is 19.8 Å². The van der Waals surface area contributed by atoms with Crippen molar-refractivity contribution < 1.29 is 4.74 Å². The average Bonchev–Trinajstić information content (AvgIpc) is 2.14. The predicted octanol–water partition coefficient (Wildman–Crippen LogP) is 2.03. The van der Waals surface area contributed by atoms with Gasteiger partial charge in [0.2, 0.25) is 0 Å². The van der Waals surface area contributed by atoms with Crippen LogP contribution in [-0.4, -0.2) is 5.05 Å². The van der Waals surface area contributed by atoms with Gasteiger partial charge in [-0.3, -0.25) is 0 Å². The monoisotopic (exact) mass is 128 g/mol. The molecular formula is C6H8OS. The molecule has 0 aromatic carbocycles. The lowest BCUT2D eigenvalue weighted by molar-refractivity contribution is 0.421. The average molecular weight is 128 g/mol. The van der Waals surface area contributed by atoms with E-state index < -0.39 is 0 Å². The van der Waals surface area contributed by atoms with Crippen molar-refractivity contribution in [2.75, 3.05) is 0 Å². The molecule has 0 unspecified atom stereocenters. The highest BCUT2D eigenvalue weighted by Gasteiger charge is 2.07. The number of thiocarbonyl (C=S) groups is 1. The summed E-state index contributed by atoms with van der Waals surface area (Å²) in [5.41, 5.74) is 0. The largest absolute Gasteiger partial charge is 0.455 e. The summed E-state index contributed by atoms with van der Waals surface area (Å²) in [5, 5.41) is 0.710. The van der Waals surface area contributed by atoms with E-state index in [1.807, 2.05) is 6.08 Å². The zero-order valence-corrected chi connectivity index (χ0v) is 5.62. The van der Waals surface area contributed by atoms with Gasteiger partial charge in [-0.2, -0.15) is 0 Å². The van der Waals surface area contributed by atoms with Crippen LogP contribution in [0.3, 0.4) is 0 Å². The normalized spacial score (nSPS) is 18.1. The van der Waals surface area contributed by atoms with Gasteiger partial charge in [-0.1, -0.05) is 6.92 Å². The standard InChI is InChI=1S/C6H8OS/c1-2-5-3-4-6(8)7-5/h3H,2,4H2,1H3. The molecule has 0 spiro atoms. The Kier molecular flexibility index (Phi) is 1.63. The Labute approximate surface area is 54.3 Å². The highest BCUT2D eigenvalue weighted by atomic mass is 32.1. The van der Waals surface area contributed by atoms with E-state index in [2.05, 4.69) is 6.92 Å². The highest BCUT2D eigenvalue weighted by Crippen LogP contribution is 2.14. The first kappa shape index (κ1) is 5.76. The lowest BCUT2D eigenvalue weighted by Crippen LogP contribution is -1.88. The Balaban J connectivity index is 2.49. The van der Waals surface area contributed by atoms with Crippen LogP contribution in [0.4, 0.5) is 0 Å². The smallest absolute Gasteiger partial charge is 0.170 e. The molecule has 1 nitrogen and oxygen atoms in total. The fourth-order valence-corrected chi connectivity index (χ4v) is 0.834. The van der Waals surface area contributed by atoms with Crippen molar-refractivity contribution in [2.24, 2.45) is 0 Å². The quantitative estimate of drug-likeness (QED) is 0.500. The zero-order valence-electron chi connectivity index (χ0n) is 4.81. The molecule has 0 aromatic rings. The summed E-state index contributed by atoms with van der Waals surface area (Å²) in [5.74, 6) is 1.02. The summed E-state index contributed by atoms with van der Waals surface area (Å²) in [6, 6.07) is 0. The lowest BCUT2D eigenvalue weighted by atomic mass is 10.3. The van der Waals surface area contributed by atoms with Gasteiger partial charge in [0.15, 0.2) is 5.05 Å². The molecule has 0 aromatic heterocycles. The minimum absolute atomic E-state index is 0.710. The van der Waals surface area contributed by atoms with Crippen LogP contribution in [0.1, 0.15) is 19.8 Å². The molecule has 0 bridgehead atoms. The number of ether oxygens (including phenoxy) is 1. The van der Waals surface area contributed by atoms with E-state index in [0.717, 1.165) is 18.6 Å². The molecule has 1 aliphatic heterocycles. The SMILES string of the molecule is CCC1=CCC(=S)O1. The minimum Gasteiger partial charge on any atom is -0.455 e. The Hall–Kier alpha value is -0.370. The molecule has 1 rings (SSSR count). The summed E-state index contributed by atoms with van der Waals surface area (Å²) >= 11 is 4.79. The van der Waals surface area contributed by atoms with Crippen LogP contribution in [0.25, 0.3) is 0 Å². The molecule has 1 heterocycles. The Bertz CT molecular complexity index is 137. The predicted molar refractivity (Wildman–Crippen MR) is 36.7 cm³/mol. The van der Waals surface area contributed by atoms with Crippen LogP contribution in [-0.2, 0) is 4.74 Å². The molecule has 1 aliphatic rings. The maximum Gasteiger partial charge on any atom is 0.170 e. The molecule has 0 saturated carbocycles. The van der Waals surface area contributed by atoms with E-state index in [1.54, 1.807) is 0 Å². The fourth-order valence-electron chi connectivity index (χ4n) is 0.643. The summed E-state index contributed by atoms with van der Waals surface area (Å²) < 4.78 is 5.10. The molecule has 8 heavy (non-hydrogen) atoms. The fraction of sp³-hybridized carbons (Fsp3) is 0.500. The van der Waals surface area contributed by atoms with Crippen LogP contribution >= 0.6 is 12.2 Å². The highest BCUT2D eigenvalue weighted by molar-refractivity contribution is 7.80. The van der Waals surface area contributed by atoms with E-state index in [0.29, 0.717) is 5.05 Å². The van der Waals surface area contributed by atoms with Crippen molar-refractivity contribution in [1.29, 1.82) is 0 Å². The Morgan fingerprint density at radius 1 is 1.88 bits per heavy atom. The van der Waals surface area contributed by atoms with Gasteiger partial charge in [-0.15, -0.1) is 0 Å². The van der Waals surface area contributed by atoms with Crippen LogP contribution in [0.2, 0.25) is 0 Å². The first-order valence-corrected chi connectivity index (χ1v) is 3.13. The topological polar surface area (TPSA) is 9.23 Å². The molecule has 0 radical (unpaired) electrons. The number of hydrogen-bond acceptors (Lipinski definition) is 2. The third kappa shape index (κ3) is 1.07. The molecule has 0 fully saturated rings. The van der Waals surface area contributed by atoms with Crippen molar-refractivity contribution in [3.8, 4) is 0 Å². The van der Waals surface area contributed by atoms with Gasteiger partial charge in [0.05, 0.1) is 0 Å². The van der Waals surface area contributed by atoms with Crippen molar-refractivity contribution >= 4 is 17.3 Å². The van der Waals surface area contributed by atoms with Crippen LogP contribution in [0.5, 0.6) is 0 Å². The van der Waals surface area contributed by atoms with Crippen molar-refractivity contribution in [3.63, 3.8) is 0 Å². The second kappa shape index (κ2) is 2.27. The van der Waals surface area contributed by atoms with Gasteiger partial charge >= 0.3 is 0 Å². The van der Waals surface area contributed by atoms with E-state index in [9.17, 15) is 0 Å².